The third kappa shape index (κ3) is 4.19. The molecule has 0 radical (unpaired) electrons. The molecule has 1 fully saturated rings. The van der Waals surface area contributed by atoms with Crippen LogP contribution in [0.25, 0.3) is 0 Å². The van der Waals surface area contributed by atoms with E-state index in [0.29, 0.717) is 29.6 Å². The summed E-state index contributed by atoms with van der Waals surface area (Å²) in [6.45, 7) is 1.37. The standard InChI is InChI=1S/C22H24N2O3/c25-20(17-9-10-19-21(13-17)27-15-22(26)23-19)14-24-11-5-4-8-18(24)12-16-6-2-1-3-7-16/h1-3,6-7,9-10,13,18H,4-5,8,11-12,14-15H2,(H,23,26). The van der Waals surface area contributed by atoms with Crippen LogP contribution in [0.3, 0.4) is 0 Å². The van der Waals surface area contributed by atoms with Gasteiger partial charge in [0.25, 0.3) is 5.91 Å². The van der Waals surface area contributed by atoms with Crippen molar-refractivity contribution in [3.05, 3.63) is 59.7 Å². The summed E-state index contributed by atoms with van der Waals surface area (Å²) >= 11 is 0. The topological polar surface area (TPSA) is 58.6 Å². The van der Waals surface area contributed by atoms with Crippen LogP contribution in [-0.2, 0) is 11.2 Å². The largest absolute Gasteiger partial charge is 0.482 e. The van der Waals surface area contributed by atoms with Crippen molar-refractivity contribution in [3.8, 4) is 5.75 Å². The van der Waals surface area contributed by atoms with Gasteiger partial charge in [-0.3, -0.25) is 14.5 Å². The Hall–Kier alpha value is -2.66. The molecule has 0 aromatic heterocycles. The van der Waals surface area contributed by atoms with Gasteiger partial charge < -0.3 is 10.1 Å². The van der Waals surface area contributed by atoms with E-state index in [9.17, 15) is 9.59 Å². The normalized spacial score (nSPS) is 19.7. The molecule has 5 nitrogen and oxygen atoms in total. The molecular weight excluding hydrogens is 340 g/mol. The molecule has 0 bridgehead atoms. The fourth-order valence-corrected chi connectivity index (χ4v) is 3.91. The molecule has 5 heteroatoms. The van der Waals surface area contributed by atoms with Gasteiger partial charge in [-0.1, -0.05) is 36.8 Å². The maximum Gasteiger partial charge on any atom is 0.262 e. The van der Waals surface area contributed by atoms with Crippen LogP contribution in [0.4, 0.5) is 5.69 Å². The lowest BCUT2D eigenvalue weighted by Crippen LogP contribution is -2.43. The van der Waals surface area contributed by atoms with Gasteiger partial charge in [-0.05, 0) is 49.6 Å². The van der Waals surface area contributed by atoms with Crippen LogP contribution in [-0.4, -0.2) is 42.3 Å². The van der Waals surface area contributed by atoms with Crippen LogP contribution in [0.2, 0.25) is 0 Å². The number of hydrogen-bond acceptors (Lipinski definition) is 4. The number of ether oxygens (including phenoxy) is 1. The molecule has 1 atom stereocenters. The summed E-state index contributed by atoms with van der Waals surface area (Å²) in [6, 6.07) is 16.1. The number of ketones is 1. The highest BCUT2D eigenvalue weighted by Gasteiger charge is 2.25. The van der Waals surface area contributed by atoms with Gasteiger partial charge in [0.1, 0.15) is 5.75 Å². The van der Waals surface area contributed by atoms with E-state index in [2.05, 4.69) is 34.5 Å². The van der Waals surface area contributed by atoms with Crippen molar-refractivity contribution in [2.75, 3.05) is 25.0 Å². The molecule has 2 aliphatic rings. The van der Waals surface area contributed by atoms with Crippen molar-refractivity contribution >= 4 is 17.4 Å². The average Bonchev–Trinajstić information content (AvgIpc) is 2.70. The smallest absolute Gasteiger partial charge is 0.262 e. The van der Waals surface area contributed by atoms with Gasteiger partial charge in [0.2, 0.25) is 0 Å². The quantitative estimate of drug-likeness (QED) is 0.827. The fraction of sp³-hybridized carbons (Fsp3) is 0.364. The van der Waals surface area contributed by atoms with E-state index < -0.39 is 0 Å². The van der Waals surface area contributed by atoms with Crippen LogP contribution in [0, 0.1) is 0 Å². The van der Waals surface area contributed by atoms with Gasteiger partial charge in [0.15, 0.2) is 12.4 Å². The summed E-state index contributed by atoms with van der Waals surface area (Å²) in [5, 5.41) is 2.76. The number of nitrogens with one attached hydrogen (secondary N) is 1. The number of amides is 1. The number of likely N-dealkylation sites (tertiary alicyclic amines) is 1. The lowest BCUT2D eigenvalue weighted by molar-refractivity contribution is -0.118. The number of carbonyl (C=O) groups is 2. The molecule has 2 aromatic carbocycles. The zero-order valence-electron chi connectivity index (χ0n) is 15.3. The third-order valence-electron chi connectivity index (χ3n) is 5.35. The number of Topliss-reactive ketones (excluding diaryl/α,β-unsaturated/α-hetero) is 1. The van der Waals surface area contributed by atoms with Crippen LogP contribution < -0.4 is 10.1 Å². The van der Waals surface area contributed by atoms with Crippen molar-refractivity contribution in [3.63, 3.8) is 0 Å². The highest BCUT2D eigenvalue weighted by atomic mass is 16.5. The van der Waals surface area contributed by atoms with Gasteiger partial charge in [-0.2, -0.15) is 0 Å². The second-order valence-corrected chi connectivity index (χ2v) is 7.28. The highest BCUT2D eigenvalue weighted by Crippen LogP contribution is 2.29. The molecule has 1 saturated heterocycles. The zero-order chi connectivity index (χ0) is 18.6. The molecule has 0 saturated carbocycles. The molecule has 0 spiro atoms. The predicted octanol–water partition coefficient (Wildman–Crippen LogP) is 3.30. The second kappa shape index (κ2) is 7.92. The molecule has 1 unspecified atom stereocenters. The molecular formula is C22H24N2O3. The summed E-state index contributed by atoms with van der Waals surface area (Å²) in [5.74, 6) is 0.497. The van der Waals surface area contributed by atoms with E-state index >= 15 is 0 Å². The Kier molecular flexibility index (Phi) is 5.21. The van der Waals surface area contributed by atoms with Crippen molar-refractivity contribution in [2.24, 2.45) is 0 Å². The Morgan fingerprint density at radius 1 is 1.15 bits per heavy atom. The average molecular weight is 364 g/mol. The molecule has 4 rings (SSSR count). The van der Waals surface area contributed by atoms with Gasteiger partial charge in [0, 0.05) is 11.6 Å². The fourth-order valence-electron chi connectivity index (χ4n) is 3.91. The van der Waals surface area contributed by atoms with Gasteiger partial charge in [-0.15, -0.1) is 0 Å². The molecule has 27 heavy (non-hydrogen) atoms. The number of rotatable bonds is 5. The van der Waals surface area contributed by atoms with Crippen molar-refractivity contribution in [1.82, 2.24) is 4.90 Å². The second-order valence-electron chi connectivity index (χ2n) is 7.28. The summed E-state index contributed by atoms with van der Waals surface area (Å²) in [7, 11) is 0. The third-order valence-corrected chi connectivity index (χ3v) is 5.35. The molecule has 1 amide bonds. The number of piperidine rings is 1. The van der Waals surface area contributed by atoms with Crippen LogP contribution >= 0.6 is 0 Å². The zero-order valence-corrected chi connectivity index (χ0v) is 15.3. The monoisotopic (exact) mass is 364 g/mol. The van der Waals surface area contributed by atoms with Crippen LogP contribution in [0.1, 0.15) is 35.2 Å². The molecule has 0 aliphatic carbocycles. The van der Waals surface area contributed by atoms with E-state index in [-0.39, 0.29) is 18.3 Å². The minimum Gasteiger partial charge on any atom is -0.482 e. The molecule has 2 aliphatic heterocycles. The van der Waals surface area contributed by atoms with E-state index in [1.807, 2.05) is 6.07 Å². The van der Waals surface area contributed by atoms with E-state index in [1.54, 1.807) is 18.2 Å². The van der Waals surface area contributed by atoms with Crippen molar-refractivity contribution < 1.29 is 14.3 Å². The first-order valence-electron chi connectivity index (χ1n) is 9.57. The number of benzene rings is 2. The lowest BCUT2D eigenvalue weighted by atomic mass is 9.95. The summed E-state index contributed by atoms with van der Waals surface area (Å²) in [6.07, 6.45) is 4.46. The first kappa shape index (κ1) is 17.7. The maximum absolute atomic E-state index is 12.9. The SMILES string of the molecule is O=C1COc2cc(C(=O)CN3CCCCC3Cc3ccccc3)ccc2N1. The summed E-state index contributed by atoms with van der Waals surface area (Å²) in [4.78, 5) is 26.6. The minimum absolute atomic E-state index is 0.00405. The Bertz CT molecular complexity index is 835. The summed E-state index contributed by atoms with van der Waals surface area (Å²) in [5.41, 5.74) is 2.58. The van der Waals surface area contributed by atoms with Gasteiger partial charge in [-0.25, -0.2) is 0 Å². The number of hydrogen-bond donors (Lipinski definition) is 1. The Morgan fingerprint density at radius 2 is 2.00 bits per heavy atom. The predicted molar refractivity (Wildman–Crippen MR) is 104 cm³/mol. The van der Waals surface area contributed by atoms with Crippen LogP contribution in [0.15, 0.2) is 48.5 Å². The molecule has 2 heterocycles. The van der Waals surface area contributed by atoms with Gasteiger partial charge in [0.05, 0.1) is 12.2 Å². The molecule has 140 valence electrons. The van der Waals surface area contributed by atoms with Gasteiger partial charge >= 0.3 is 0 Å². The molecule has 1 N–H and O–H groups in total. The molecule has 2 aromatic rings. The number of carbonyl (C=O) groups excluding carboxylic acids is 2. The number of fused-ring (bicyclic) bond motifs is 1. The highest BCUT2D eigenvalue weighted by molar-refractivity contribution is 6.00. The number of nitrogens with zero attached hydrogens (tertiary/aromatic N) is 1. The Morgan fingerprint density at radius 3 is 2.85 bits per heavy atom. The van der Waals surface area contributed by atoms with E-state index in [1.165, 1.54) is 12.0 Å². The maximum atomic E-state index is 12.9. The first-order chi connectivity index (χ1) is 13.2. The summed E-state index contributed by atoms with van der Waals surface area (Å²) < 4.78 is 5.44. The minimum atomic E-state index is -0.168. The Labute approximate surface area is 159 Å². The van der Waals surface area contributed by atoms with E-state index in [4.69, 9.17) is 4.74 Å². The van der Waals surface area contributed by atoms with E-state index in [0.717, 1.165) is 25.8 Å². The van der Waals surface area contributed by atoms with Crippen molar-refractivity contribution in [2.45, 2.75) is 31.7 Å². The van der Waals surface area contributed by atoms with Crippen molar-refractivity contribution in [1.29, 1.82) is 0 Å². The first-order valence-corrected chi connectivity index (χ1v) is 9.57. The number of anilines is 1. The lowest BCUT2D eigenvalue weighted by Gasteiger charge is -2.35. The Balaban J connectivity index is 1.45. The van der Waals surface area contributed by atoms with Crippen LogP contribution in [0.5, 0.6) is 5.75 Å².